The van der Waals surface area contributed by atoms with Crippen molar-refractivity contribution in [2.75, 3.05) is 5.32 Å². The van der Waals surface area contributed by atoms with Gasteiger partial charge in [-0.3, -0.25) is 9.59 Å². The standard InChI is InChI=1S/C23H15N3O3S/c27-20-15-5-1-2-6-16(15)25-22(29)19(20)21(28)24-14-11-9-13(10-12-14)23-26-17-7-3-4-8-18(17)30-23/h1-12H,(H,24,28)(H2,25,27,29). The van der Waals surface area contributed by atoms with Crippen LogP contribution in [0.5, 0.6) is 5.75 Å². The van der Waals surface area contributed by atoms with E-state index in [1.165, 1.54) is 0 Å². The molecule has 30 heavy (non-hydrogen) atoms. The Bertz CT molecular complexity index is 1440. The number of pyridine rings is 1. The van der Waals surface area contributed by atoms with Gasteiger partial charge in [-0.2, -0.15) is 0 Å². The van der Waals surface area contributed by atoms with Gasteiger partial charge >= 0.3 is 0 Å². The van der Waals surface area contributed by atoms with E-state index in [1.54, 1.807) is 47.7 Å². The number of nitrogens with zero attached hydrogens (tertiary/aromatic N) is 1. The molecule has 0 atom stereocenters. The molecule has 2 heterocycles. The third kappa shape index (κ3) is 3.11. The summed E-state index contributed by atoms with van der Waals surface area (Å²) >= 11 is 1.60. The number of hydrogen-bond acceptors (Lipinski definition) is 5. The number of amides is 1. The molecular weight excluding hydrogens is 398 g/mol. The number of anilines is 1. The highest BCUT2D eigenvalue weighted by Crippen LogP contribution is 2.31. The highest BCUT2D eigenvalue weighted by molar-refractivity contribution is 7.21. The first-order chi connectivity index (χ1) is 14.6. The zero-order chi connectivity index (χ0) is 20.7. The maximum absolute atomic E-state index is 12.7. The van der Waals surface area contributed by atoms with E-state index in [2.05, 4.69) is 15.3 Å². The second kappa shape index (κ2) is 7.13. The smallest absolute Gasteiger partial charge is 0.265 e. The molecule has 3 aromatic carbocycles. The molecule has 7 heteroatoms. The Hall–Kier alpha value is -3.97. The lowest BCUT2D eigenvalue weighted by Gasteiger charge is -2.09. The second-order valence-electron chi connectivity index (χ2n) is 6.74. The number of H-pyrrole nitrogens is 1. The zero-order valence-electron chi connectivity index (χ0n) is 15.5. The first-order valence-electron chi connectivity index (χ1n) is 9.21. The fraction of sp³-hybridized carbons (Fsp3) is 0. The summed E-state index contributed by atoms with van der Waals surface area (Å²) in [5, 5.41) is 14.4. The number of para-hydroxylation sites is 2. The van der Waals surface area contributed by atoms with Gasteiger partial charge in [0.05, 0.1) is 15.7 Å². The molecule has 6 nitrogen and oxygen atoms in total. The molecule has 0 radical (unpaired) electrons. The summed E-state index contributed by atoms with van der Waals surface area (Å²) in [5.74, 6) is -1.01. The fourth-order valence-electron chi connectivity index (χ4n) is 3.32. The van der Waals surface area contributed by atoms with Crippen LogP contribution < -0.4 is 10.9 Å². The van der Waals surface area contributed by atoms with Crippen LogP contribution in [0, 0.1) is 0 Å². The molecule has 0 unspecified atom stereocenters. The number of thiazole rings is 1. The molecule has 0 fully saturated rings. The summed E-state index contributed by atoms with van der Waals surface area (Å²) in [4.78, 5) is 32.2. The van der Waals surface area contributed by atoms with Crippen LogP contribution in [0.25, 0.3) is 31.7 Å². The minimum Gasteiger partial charge on any atom is -0.506 e. The molecule has 0 aliphatic heterocycles. The van der Waals surface area contributed by atoms with Crippen LogP contribution in [0.15, 0.2) is 77.6 Å². The molecule has 3 N–H and O–H groups in total. The summed E-state index contributed by atoms with van der Waals surface area (Å²) < 4.78 is 1.11. The predicted molar refractivity (Wildman–Crippen MR) is 119 cm³/mol. The van der Waals surface area contributed by atoms with Crippen LogP contribution in [0.3, 0.4) is 0 Å². The van der Waals surface area contributed by atoms with Gasteiger partial charge in [-0.15, -0.1) is 11.3 Å². The number of aromatic nitrogens is 2. The third-order valence-electron chi connectivity index (χ3n) is 4.80. The lowest BCUT2D eigenvalue weighted by Crippen LogP contribution is -2.23. The van der Waals surface area contributed by atoms with Crippen molar-refractivity contribution in [1.29, 1.82) is 0 Å². The van der Waals surface area contributed by atoms with Gasteiger partial charge in [0.2, 0.25) is 0 Å². The molecule has 146 valence electrons. The molecule has 0 aliphatic rings. The van der Waals surface area contributed by atoms with Crippen molar-refractivity contribution in [1.82, 2.24) is 9.97 Å². The van der Waals surface area contributed by atoms with E-state index in [9.17, 15) is 14.7 Å². The highest BCUT2D eigenvalue weighted by Gasteiger charge is 2.19. The van der Waals surface area contributed by atoms with E-state index < -0.39 is 11.5 Å². The van der Waals surface area contributed by atoms with Gasteiger partial charge < -0.3 is 15.4 Å². The van der Waals surface area contributed by atoms with E-state index in [1.807, 2.05) is 36.4 Å². The molecule has 0 saturated heterocycles. The molecular formula is C23H15N3O3S. The van der Waals surface area contributed by atoms with E-state index in [0.717, 1.165) is 20.8 Å². The average Bonchev–Trinajstić information content (AvgIpc) is 3.18. The number of rotatable bonds is 3. The molecule has 2 aromatic heterocycles. The maximum atomic E-state index is 12.7. The van der Waals surface area contributed by atoms with Crippen LogP contribution >= 0.6 is 11.3 Å². The van der Waals surface area contributed by atoms with E-state index in [-0.39, 0.29) is 11.3 Å². The SMILES string of the molecule is O=C(Nc1ccc(-c2nc3ccccc3s2)cc1)c1c(O)c2ccccc2[nH]c1=O. The van der Waals surface area contributed by atoms with Crippen LogP contribution in [0.2, 0.25) is 0 Å². The Morgan fingerprint density at radius 3 is 2.50 bits per heavy atom. The number of fused-ring (bicyclic) bond motifs is 2. The molecule has 0 spiro atoms. The van der Waals surface area contributed by atoms with Gasteiger partial charge in [-0.05, 0) is 48.5 Å². The summed E-state index contributed by atoms with van der Waals surface area (Å²) in [7, 11) is 0. The first kappa shape index (κ1) is 18.1. The minimum atomic E-state index is -0.674. The highest BCUT2D eigenvalue weighted by atomic mass is 32.1. The predicted octanol–water partition coefficient (Wildman–Crippen LogP) is 4.76. The average molecular weight is 413 g/mol. The third-order valence-corrected chi connectivity index (χ3v) is 5.89. The van der Waals surface area contributed by atoms with Gasteiger partial charge in [0.25, 0.3) is 11.5 Å². The first-order valence-corrected chi connectivity index (χ1v) is 10.0. The quantitative estimate of drug-likeness (QED) is 0.397. The zero-order valence-corrected chi connectivity index (χ0v) is 16.4. The van der Waals surface area contributed by atoms with Gasteiger partial charge in [-0.1, -0.05) is 24.3 Å². The Balaban J connectivity index is 1.43. The number of nitrogens with one attached hydrogen (secondary N) is 2. The van der Waals surface area contributed by atoms with Crippen molar-refractivity contribution in [3.8, 4) is 16.3 Å². The fourth-order valence-corrected chi connectivity index (χ4v) is 4.29. The Morgan fingerprint density at radius 1 is 0.967 bits per heavy atom. The molecule has 5 aromatic rings. The molecule has 0 saturated carbocycles. The lowest BCUT2D eigenvalue weighted by atomic mass is 10.1. The van der Waals surface area contributed by atoms with Gasteiger partial charge in [0, 0.05) is 16.6 Å². The van der Waals surface area contributed by atoms with Crippen molar-refractivity contribution >= 4 is 44.1 Å². The van der Waals surface area contributed by atoms with Crippen molar-refractivity contribution in [3.63, 3.8) is 0 Å². The molecule has 0 bridgehead atoms. The van der Waals surface area contributed by atoms with E-state index in [4.69, 9.17) is 0 Å². The summed E-state index contributed by atoms with van der Waals surface area (Å²) in [6.45, 7) is 0. The number of benzene rings is 3. The lowest BCUT2D eigenvalue weighted by molar-refractivity contribution is 0.102. The summed E-state index contributed by atoms with van der Waals surface area (Å²) in [6.07, 6.45) is 0. The van der Waals surface area contributed by atoms with Crippen molar-refractivity contribution in [2.45, 2.75) is 0 Å². The monoisotopic (exact) mass is 413 g/mol. The molecule has 5 rings (SSSR count). The van der Waals surface area contributed by atoms with Crippen molar-refractivity contribution in [2.24, 2.45) is 0 Å². The van der Waals surface area contributed by atoms with Crippen LogP contribution in [0.1, 0.15) is 10.4 Å². The second-order valence-corrected chi connectivity index (χ2v) is 7.77. The number of carbonyl (C=O) groups is 1. The van der Waals surface area contributed by atoms with Crippen LogP contribution in [-0.4, -0.2) is 21.0 Å². The van der Waals surface area contributed by atoms with Gasteiger partial charge in [-0.25, -0.2) is 4.98 Å². The number of aromatic amines is 1. The van der Waals surface area contributed by atoms with Crippen molar-refractivity contribution < 1.29 is 9.90 Å². The normalized spacial score (nSPS) is 11.1. The summed E-state index contributed by atoms with van der Waals surface area (Å²) in [5.41, 5.74) is 1.90. The summed E-state index contributed by atoms with van der Waals surface area (Å²) in [6, 6.07) is 21.9. The van der Waals surface area contributed by atoms with Crippen molar-refractivity contribution in [3.05, 3.63) is 88.7 Å². The number of hydrogen-bond donors (Lipinski definition) is 3. The number of aromatic hydroxyl groups is 1. The van der Waals surface area contributed by atoms with Gasteiger partial charge in [0.15, 0.2) is 0 Å². The van der Waals surface area contributed by atoms with Crippen LogP contribution in [-0.2, 0) is 0 Å². The Morgan fingerprint density at radius 2 is 1.70 bits per heavy atom. The molecule has 0 aliphatic carbocycles. The largest absolute Gasteiger partial charge is 0.506 e. The minimum absolute atomic E-state index is 0.316. The van der Waals surface area contributed by atoms with E-state index in [0.29, 0.717) is 16.6 Å². The maximum Gasteiger partial charge on any atom is 0.265 e. The van der Waals surface area contributed by atoms with Gasteiger partial charge in [0.1, 0.15) is 16.3 Å². The number of carbonyl (C=O) groups excluding carboxylic acids is 1. The molecule has 1 amide bonds. The van der Waals surface area contributed by atoms with E-state index >= 15 is 0 Å². The topological polar surface area (TPSA) is 95.1 Å². The van der Waals surface area contributed by atoms with Crippen LogP contribution in [0.4, 0.5) is 5.69 Å². The Kier molecular flexibility index (Phi) is 4.30. The Labute approximate surface area is 174 Å².